The Morgan fingerprint density at radius 2 is 2.07 bits per heavy atom. The molecule has 0 atom stereocenters. The number of amides is 1. The van der Waals surface area contributed by atoms with Gasteiger partial charge in [0.1, 0.15) is 6.61 Å². The van der Waals surface area contributed by atoms with Gasteiger partial charge in [-0.1, -0.05) is 27.7 Å². The molecule has 0 saturated heterocycles. The van der Waals surface area contributed by atoms with E-state index in [4.69, 9.17) is 9.84 Å². The Kier molecular flexibility index (Phi) is 5.53. The Bertz CT molecular complexity index is 178. The van der Waals surface area contributed by atoms with Crippen LogP contribution in [0.4, 0.5) is 4.79 Å². The lowest BCUT2D eigenvalue weighted by molar-refractivity contribution is 0.0607. The van der Waals surface area contributed by atoms with Crippen LogP contribution in [0, 0.1) is 11.3 Å². The van der Waals surface area contributed by atoms with Crippen LogP contribution in [0.15, 0.2) is 0 Å². The van der Waals surface area contributed by atoms with Crippen molar-refractivity contribution in [1.29, 1.82) is 0 Å². The summed E-state index contributed by atoms with van der Waals surface area (Å²) in [4.78, 5) is 11.1. The third-order valence-corrected chi connectivity index (χ3v) is 1.68. The first kappa shape index (κ1) is 13.2. The predicted octanol–water partition coefficient (Wildman–Crippen LogP) is 1.39. The molecule has 0 aromatic rings. The summed E-state index contributed by atoms with van der Waals surface area (Å²) in [5.41, 5.74) is -0.366. The van der Waals surface area contributed by atoms with Crippen molar-refractivity contribution in [3.63, 3.8) is 0 Å². The minimum absolute atomic E-state index is 0.00443. The van der Waals surface area contributed by atoms with Crippen LogP contribution < -0.4 is 5.32 Å². The van der Waals surface area contributed by atoms with E-state index < -0.39 is 6.09 Å². The molecule has 0 spiro atoms. The zero-order chi connectivity index (χ0) is 11.2. The summed E-state index contributed by atoms with van der Waals surface area (Å²) < 4.78 is 4.94. The van der Waals surface area contributed by atoms with Crippen LogP contribution in [-0.4, -0.2) is 31.0 Å². The molecule has 0 heterocycles. The first-order valence-electron chi connectivity index (χ1n) is 4.89. The lowest BCUT2D eigenvalue weighted by Crippen LogP contribution is -2.32. The number of hydrogen-bond donors (Lipinski definition) is 2. The van der Waals surface area contributed by atoms with Crippen LogP contribution >= 0.6 is 0 Å². The molecule has 84 valence electrons. The zero-order valence-electron chi connectivity index (χ0n) is 9.46. The standard InChI is InChI=1S/C10H21NO3/c1-8(2)5-11-9(13)14-7-10(3,4)6-12/h8,12H,5-7H2,1-4H3,(H,11,13). The Morgan fingerprint density at radius 1 is 1.50 bits per heavy atom. The molecule has 4 nitrogen and oxygen atoms in total. The second-order valence-corrected chi connectivity index (χ2v) is 4.67. The second-order valence-electron chi connectivity index (χ2n) is 4.67. The van der Waals surface area contributed by atoms with E-state index in [9.17, 15) is 4.79 Å². The zero-order valence-corrected chi connectivity index (χ0v) is 9.46. The molecule has 14 heavy (non-hydrogen) atoms. The van der Waals surface area contributed by atoms with Crippen molar-refractivity contribution in [3.8, 4) is 0 Å². The summed E-state index contributed by atoms with van der Waals surface area (Å²) in [5.74, 6) is 0.411. The van der Waals surface area contributed by atoms with Gasteiger partial charge in [-0.05, 0) is 5.92 Å². The van der Waals surface area contributed by atoms with Crippen molar-refractivity contribution in [2.24, 2.45) is 11.3 Å². The number of nitrogens with one attached hydrogen (secondary N) is 1. The Morgan fingerprint density at radius 3 is 2.50 bits per heavy atom. The van der Waals surface area contributed by atoms with Crippen LogP contribution in [0.5, 0.6) is 0 Å². The van der Waals surface area contributed by atoms with E-state index in [1.165, 1.54) is 0 Å². The highest BCUT2D eigenvalue weighted by molar-refractivity contribution is 5.67. The third kappa shape index (κ3) is 6.71. The largest absolute Gasteiger partial charge is 0.449 e. The van der Waals surface area contributed by atoms with Gasteiger partial charge in [0.15, 0.2) is 0 Å². The Hall–Kier alpha value is -0.770. The molecule has 0 radical (unpaired) electrons. The molecule has 0 aliphatic carbocycles. The van der Waals surface area contributed by atoms with E-state index in [-0.39, 0.29) is 18.6 Å². The highest BCUT2D eigenvalue weighted by Crippen LogP contribution is 2.13. The average Bonchev–Trinajstić information content (AvgIpc) is 2.11. The topological polar surface area (TPSA) is 58.6 Å². The summed E-state index contributed by atoms with van der Waals surface area (Å²) in [6.45, 7) is 8.54. The van der Waals surface area contributed by atoms with Gasteiger partial charge in [-0.15, -0.1) is 0 Å². The van der Waals surface area contributed by atoms with E-state index >= 15 is 0 Å². The molecule has 0 aromatic heterocycles. The molecule has 0 rings (SSSR count). The lowest BCUT2D eigenvalue weighted by atomic mass is 9.97. The van der Waals surface area contributed by atoms with Crippen molar-refractivity contribution in [3.05, 3.63) is 0 Å². The maximum absolute atomic E-state index is 11.1. The number of rotatable bonds is 5. The van der Waals surface area contributed by atoms with Crippen molar-refractivity contribution in [2.45, 2.75) is 27.7 Å². The third-order valence-electron chi connectivity index (χ3n) is 1.68. The van der Waals surface area contributed by atoms with Gasteiger partial charge in [-0.25, -0.2) is 4.79 Å². The highest BCUT2D eigenvalue weighted by atomic mass is 16.5. The maximum Gasteiger partial charge on any atom is 0.407 e. The average molecular weight is 203 g/mol. The monoisotopic (exact) mass is 203 g/mol. The smallest absolute Gasteiger partial charge is 0.407 e. The lowest BCUT2D eigenvalue weighted by Gasteiger charge is -2.21. The second kappa shape index (κ2) is 5.86. The predicted molar refractivity (Wildman–Crippen MR) is 55.1 cm³/mol. The Balaban J connectivity index is 3.64. The first-order valence-corrected chi connectivity index (χ1v) is 4.89. The molecule has 0 fully saturated rings. The van der Waals surface area contributed by atoms with Gasteiger partial charge in [-0.2, -0.15) is 0 Å². The quantitative estimate of drug-likeness (QED) is 0.709. The molecule has 0 aromatic carbocycles. The number of aliphatic hydroxyl groups is 1. The molecular formula is C10H21NO3. The van der Waals surface area contributed by atoms with Crippen LogP contribution in [0.25, 0.3) is 0 Å². The molecule has 0 aliphatic rings. The number of hydrogen-bond acceptors (Lipinski definition) is 3. The van der Waals surface area contributed by atoms with E-state index in [0.29, 0.717) is 12.5 Å². The molecule has 2 N–H and O–H groups in total. The molecule has 0 saturated carbocycles. The van der Waals surface area contributed by atoms with E-state index in [1.54, 1.807) is 0 Å². The summed E-state index contributed by atoms with van der Waals surface area (Å²) >= 11 is 0. The van der Waals surface area contributed by atoms with Gasteiger partial charge in [0.2, 0.25) is 0 Å². The molecule has 4 heteroatoms. The van der Waals surface area contributed by atoms with Crippen LogP contribution in [0.2, 0.25) is 0 Å². The SMILES string of the molecule is CC(C)CNC(=O)OCC(C)(C)CO. The maximum atomic E-state index is 11.1. The number of carbonyl (C=O) groups excluding carboxylic acids is 1. The van der Waals surface area contributed by atoms with Gasteiger partial charge >= 0.3 is 6.09 Å². The minimum Gasteiger partial charge on any atom is -0.449 e. The molecule has 0 unspecified atom stereocenters. The molecule has 1 amide bonds. The fraction of sp³-hybridized carbons (Fsp3) is 0.900. The summed E-state index contributed by atoms with van der Waals surface area (Å²) in [7, 11) is 0. The fourth-order valence-electron chi connectivity index (χ4n) is 0.645. The van der Waals surface area contributed by atoms with Crippen molar-refractivity contribution < 1.29 is 14.6 Å². The summed E-state index contributed by atoms with van der Waals surface area (Å²) in [6, 6.07) is 0. The molecule has 0 bridgehead atoms. The van der Waals surface area contributed by atoms with Gasteiger partial charge in [0, 0.05) is 12.0 Å². The Labute approximate surface area is 85.6 Å². The number of alkyl carbamates (subject to hydrolysis) is 1. The van der Waals surface area contributed by atoms with Crippen molar-refractivity contribution in [1.82, 2.24) is 5.32 Å². The number of carbonyl (C=O) groups is 1. The van der Waals surface area contributed by atoms with Gasteiger partial charge < -0.3 is 15.2 Å². The van der Waals surface area contributed by atoms with Crippen molar-refractivity contribution >= 4 is 6.09 Å². The van der Waals surface area contributed by atoms with Crippen LogP contribution in [-0.2, 0) is 4.74 Å². The van der Waals surface area contributed by atoms with E-state index in [0.717, 1.165) is 0 Å². The minimum atomic E-state index is -0.416. The van der Waals surface area contributed by atoms with Crippen molar-refractivity contribution in [2.75, 3.05) is 19.8 Å². The number of ether oxygens (including phenoxy) is 1. The first-order chi connectivity index (χ1) is 6.37. The highest BCUT2D eigenvalue weighted by Gasteiger charge is 2.18. The van der Waals surface area contributed by atoms with Crippen LogP contribution in [0.3, 0.4) is 0 Å². The van der Waals surface area contributed by atoms with Crippen LogP contribution in [0.1, 0.15) is 27.7 Å². The molecule has 0 aliphatic heterocycles. The summed E-state index contributed by atoms with van der Waals surface area (Å²) in [6.07, 6.45) is -0.416. The fourth-order valence-corrected chi connectivity index (χ4v) is 0.645. The van der Waals surface area contributed by atoms with Gasteiger partial charge in [-0.3, -0.25) is 0 Å². The summed E-state index contributed by atoms with van der Waals surface area (Å²) in [5, 5.41) is 11.5. The normalized spacial score (nSPS) is 11.6. The van der Waals surface area contributed by atoms with Gasteiger partial charge in [0.25, 0.3) is 0 Å². The van der Waals surface area contributed by atoms with E-state index in [2.05, 4.69) is 5.32 Å². The van der Waals surface area contributed by atoms with Gasteiger partial charge in [0.05, 0.1) is 6.61 Å². The molecular weight excluding hydrogens is 182 g/mol. The van der Waals surface area contributed by atoms with E-state index in [1.807, 2.05) is 27.7 Å². The number of aliphatic hydroxyl groups excluding tert-OH is 1.